The fourth-order valence-electron chi connectivity index (χ4n) is 7.59. The Morgan fingerprint density at radius 1 is 1.12 bits per heavy atom. The number of carboxylic acid groups (broad SMARTS) is 1. The van der Waals surface area contributed by atoms with Gasteiger partial charge in [-0.2, -0.15) is 5.10 Å². The maximum atomic E-state index is 14.3. The average Bonchev–Trinajstić information content (AvgIpc) is 3.52. The van der Waals surface area contributed by atoms with Crippen LogP contribution in [0, 0.1) is 12.7 Å². The molecule has 0 saturated carbocycles. The molecule has 1 fully saturated rings. The van der Waals surface area contributed by atoms with Gasteiger partial charge in [0.05, 0.1) is 29.9 Å². The molecule has 3 aliphatic rings. The first-order chi connectivity index (χ1) is 23.2. The largest absolute Gasteiger partial charge is 0.493 e. The van der Waals surface area contributed by atoms with Gasteiger partial charge >= 0.3 is 5.97 Å². The number of aliphatic carboxylic acids is 1. The SMILES string of the molecule is C/C=N/N1CCCC/C1=C\c1c(Cl)ccc2c1[N+]1(C)Cc3nc(C)c(s3)CCc3cc(c4ccc(F)cc4c3)OCCCC2=C1C(=O)O. The Balaban J connectivity index is 1.38. The molecule has 248 valence electrons. The zero-order valence-corrected chi connectivity index (χ0v) is 29.1. The molecule has 0 spiro atoms. The van der Waals surface area contributed by atoms with E-state index in [-0.39, 0.29) is 10.3 Å². The van der Waals surface area contributed by atoms with E-state index in [1.54, 1.807) is 29.7 Å². The van der Waals surface area contributed by atoms with Crippen molar-refractivity contribution in [2.75, 3.05) is 20.2 Å². The lowest BCUT2D eigenvalue weighted by atomic mass is 9.97. The number of hydrazone groups is 1. The van der Waals surface area contributed by atoms with E-state index < -0.39 is 5.97 Å². The number of fused-ring (bicyclic) bond motifs is 10. The summed E-state index contributed by atoms with van der Waals surface area (Å²) in [5.41, 5.74) is 6.82. The first kappa shape index (κ1) is 32.5. The number of nitrogens with zero attached hydrogens (tertiary/aromatic N) is 4. The molecule has 1 N–H and O–H groups in total. The van der Waals surface area contributed by atoms with Gasteiger partial charge < -0.3 is 9.84 Å². The number of halogens is 2. The monoisotopic (exact) mass is 685 g/mol. The predicted molar refractivity (Wildman–Crippen MR) is 193 cm³/mol. The van der Waals surface area contributed by atoms with E-state index in [1.165, 1.54) is 6.07 Å². The molecule has 0 amide bonds. The van der Waals surface area contributed by atoms with Crippen LogP contribution in [-0.4, -0.2) is 47.5 Å². The summed E-state index contributed by atoms with van der Waals surface area (Å²) >= 11 is 8.67. The van der Waals surface area contributed by atoms with E-state index in [0.717, 1.165) is 98.6 Å². The van der Waals surface area contributed by atoms with Gasteiger partial charge in [0.1, 0.15) is 23.1 Å². The molecule has 7 rings (SSSR count). The normalized spacial score (nSPS) is 20.9. The lowest BCUT2D eigenvalue weighted by Gasteiger charge is -2.32. The maximum Gasteiger partial charge on any atom is 0.391 e. The summed E-state index contributed by atoms with van der Waals surface area (Å²) < 4.78 is 20.7. The third-order valence-corrected chi connectivity index (χ3v) is 11.2. The van der Waals surface area contributed by atoms with Crippen LogP contribution in [0.3, 0.4) is 0 Å². The summed E-state index contributed by atoms with van der Waals surface area (Å²) in [5, 5.41) is 20.7. The number of rotatable bonds is 3. The van der Waals surface area contributed by atoms with Crippen molar-refractivity contribution in [2.45, 2.75) is 65.3 Å². The van der Waals surface area contributed by atoms with E-state index >= 15 is 0 Å². The van der Waals surface area contributed by atoms with E-state index in [0.29, 0.717) is 42.5 Å². The number of hydrogen-bond acceptors (Lipinski definition) is 6. The standard InChI is InChI=1S/C38H38ClFN4O3S/c1-4-41-43-16-6-5-8-27(43)21-31-32(39)14-13-30-29-9-7-17-47-33-19-24(18-25-20-26(40)11-12-28(25)33)10-15-34-23(2)42-35(48-34)22-44(3,36(30)31)37(29)38(45)46/h4,11-14,18-21H,5-10,15-17,22H2,1-3H3/p+1/b27-21+,41-4+. The number of piperidine rings is 1. The highest BCUT2D eigenvalue weighted by Crippen LogP contribution is 2.52. The Kier molecular flexibility index (Phi) is 8.87. The van der Waals surface area contributed by atoms with Crippen LogP contribution in [0.1, 0.15) is 71.3 Å². The van der Waals surface area contributed by atoms with Gasteiger partial charge in [0, 0.05) is 39.9 Å². The second-order valence-corrected chi connectivity index (χ2v) is 14.5. The topological polar surface area (TPSA) is 75.0 Å². The molecule has 1 saturated heterocycles. The molecule has 6 bridgehead atoms. The number of aromatic nitrogens is 1. The fourth-order valence-corrected chi connectivity index (χ4v) is 8.98. The minimum absolute atomic E-state index is 0.0548. The van der Waals surface area contributed by atoms with Gasteiger partial charge in [0.2, 0.25) is 5.70 Å². The highest BCUT2D eigenvalue weighted by molar-refractivity contribution is 7.11. The molecule has 4 aromatic rings. The van der Waals surface area contributed by atoms with Gasteiger partial charge in [-0.1, -0.05) is 17.7 Å². The van der Waals surface area contributed by atoms with Crippen molar-refractivity contribution in [1.82, 2.24) is 14.5 Å². The van der Waals surface area contributed by atoms with Crippen LogP contribution in [-0.2, 0) is 24.2 Å². The number of ether oxygens (including phenoxy) is 1. The van der Waals surface area contributed by atoms with Gasteiger partial charge in [-0.25, -0.2) is 18.7 Å². The molecule has 4 heterocycles. The van der Waals surface area contributed by atoms with Gasteiger partial charge in [-0.05, 0) is 112 Å². The van der Waals surface area contributed by atoms with Crippen LogP contribution in [0.15, 0.2) is 59.0 Å². The van der Waals surface area contributed by atoms with Gasteiger partial charge in [0.15, 0.2) is 5.69 Å². The molecule has 3 aromatic carbocycles. The minimum Gasteiger partial charge on any atom is -0.493 e. The summed E-state index contributed by atoms with van der Waals surface area (Å²) in [6.45, 7) is 5.52. The Morgan fingerprint density at radius 2 is 1.98 bits per heavy atom. The number of carbonyl (C=O) groups is 1. The van der Waals surface area contributed by atoms with Crippen LogP contribution in [0.5, 0.6) is 5.75 Å². The quantitative estimate of drug-likeness (QED) is 0.172. The Hall–Kier alpha value is -4.05. The predicted octanol–water partition coefficient (Wildman–Crippen LogP) is 9.13. The minimum atomic E-state index is -0.954. The second kappa shape index (κ2) is 13.1. The Morgan fingerprint density at radius 3 is 2.79 bits per heavy atom. The third-order valence-electron chi connectivity index (χ3n) is 9.71. The molecule has 1 unspecified atom stereocenters. The number of hydrogen-bond donors (Lipinski definition) is 1. The van der Waals surface area contributed by atoms with Crippen molar-refractivity contribution < 1.29 is 19.0 Å². The number of quaternary nitrogens is 1. The fraction of sp³-hybridized carbons (Fsp3) is 0.342. The number of carboxylic acids is 1. The van der Waals surface area contributed by atoms with Crippen LogP contribution in [0.25, 0.3) is 22.4 Å². The van der Waals surface area contributed by atoms with Crippen LogP contribution < -0.4 is 9.22 Å². The first-order valence-corrected chi connectivity index (χ1v) is 17.8. The summed E-state index contributed by atoms with van der Waals surface area (Å²) in [6, 6.07) is 12.7. The van der Waals surface area contributed by atoms with Crippen molar-refractivity contribution in [3.8, 4) is 5.75 Å². The first-order valence-electron chi connectivity index (χ1n) is 16.6. The number of thiazole rings is 1. The van der Waals surface area contributed by atoms with E-state index in [4.69, 9.17) is 21.3 Å². The Bertz CT molecular complexity index is 2040. The number of allylic oxidation sites excluding steroid dienone is 2. The number of aryl methyl sites for hydroxylation is 3. The van der Waals surface area contributed by atoms with E-state index in [9.17, 15) is 14.3 Å². The lowest BCUT2D eigenvalue weighted by Crippen LogP contribution is -2.45. The molecular weight excluding hydrogens is 647 g/mol. The maximum absolute atomic E-state index is 14.3. The van der Waals surface area contributed by atoms with Crippen molar-refractivity contribution in [1.29, 1.82) is 0 Å². The molecule has 0 radical (unpaired) electrons. The van der Waals surface area contributed by atoms with Crippen molar-refractivity contribution >= 4 is 63.2 Å². The Labute approximate surface area is 289 Å². The number of likely N-dealkylation sites (N-methyl/N-ethyl adjacent to an activating group) is 1. The lowest BCUT2D eigenvalue weighted by molar-refractivity contribution is -0.134. The third kappa shape index (κ3) is 5.93. The van der Waals surface area contributed by atoms with Crippen LogP contribution in [0.2, 0.25) is 5.02 Å². The zero-order chi connectivity index (χ0) is 33.6. The van der Waals surface area contributed by atoms with Crippen LogP contribution >= 0.6 is 22.9 Å². The van der Waals surface area contributed by atoms with Crippen LogP contribution in [0.4, 0.5) is 10.1 Å². The molecule has 7 nitrogen and oxygen atoms in total. The molecule has 3 aliphatic heterocycles. The van der Waals surface area contributed by atoms with Crippen molar-refractivity contribution in [2.24, 2.45) is 5.10 Å². The second-order valence-electron chi connectivity index (χ2n) is 13.0. The summed E-state index contributed by atoms with van der Waals surface area (Å²) in [6.07, 6.45) is 9.50. The highest BCUT2D eigenvalue weighted by Gasteiger charge is 2.49. The van der Waals surface area contributed by atoms with Gasteiger partial charge in [0.25, 0.3) is 0 Å². The molecule has 10 heteroatoms. The summed E-state index contributed by atoms with van der Waals surface area (Å²) in [7, 11) is 1.99. The number of benzene rings is 3. The van der Waals surface area contributed by atoms with E-state index in [1.807, 2.05) is 44.1 Å². The van der Waals surface area contributed by atoms with E-state index in [2.05, 4.69) is 17.2 Å². The average molecular weight is 686 g/mol. The molecular formula is C38H39ClFN4O3S+. The van der Waals surface area contributed by atoms with Crippen molar-refractivity contribution in [3.63, 3.8) is 0 Å². The highest BCUT2D eigenvalue weighted by atomic mass is 35.5. The summed E-state index contributed by atoms with van der Waals surface area (Å²) in [4.78, 5) is 19.5. The zero-order valence-electron chi connectivity index (χ0n) is 27.5. The molecule has 48 heavy (non-hydrogen) atoms. The smallest absolute Gasteiger partial charge is 0.391 e. The molecule has 1 aromatic heterocycles. The van der Waals surface area contributed by atoms with Gasteiger partial charge in [-0.3, -0.25) is 5.01 Å². The molecule has 1 atom stereocenters. The van der Waals surface area contributed by atoms with Crippen molar-refractivity contribution in [3.05, 3.63) is 97.0 Å². The molecule has 0 aliphatic carbocycles. The van der Waals surface area contributed by atoms with Gasteiger partial charge in [-0.15, -0.1) is 11.3 Å². The summed E-state index contributed by atoms with van der Waals surface area (Å²) in [5.74, 6) is -0.525.